The molecule has 7 nitrogen and oxygen atoms in total. The quantitative estimate of drug-likeness (QED) is 0.868. The fourth-order valence-electron chi connectivity index (χ4n) is 3.71. The Morgan fingerprint density at radius 1 is 1.27 bits per heavy atom. The lowest BCUT2D eigenvalue weighted by Gasteiger charge is -2.46. The van der Waals surface area contributed by atoms with Crippen molar-refractivity contribution in [2.45, 2.75) is 38.4 Å². The third kappa shape index (κ3) is 2.83. The number of carbonyl (C=O) groups is 2. The van der Waals surface area contributed by atoms with Gasteiger partial charge in [-0.05, 0) is 38.8 Å². The van der Waals surface area contributed by atoms with Crippen molar-refractivity contribution in [2.75, 3.05) is 18.4 Å². The number of piperidine rings is 1. The third-order valence-electron chi connectivity index (χ3n) is 5.06. The fraction of sp³-hybridized carbons (Fsp3) is 0.421. The molecule has 2 N–H and O–H groups in total. The van der Waals surface area contributed by atoms with Gasteiger partial charge >= 0.3 is 0 Å². The van der Waals surface area contributed by atoms with Gasteiger partial charge in [0, 0.05) is 24.5 Å². The summed E-state index contributed by atoms with van der Waals surface area (Å²) in [5.74, 6) is -0.146. The maximum atomic E-state index is 12.9. The number of hydrogen-bond acceptors (Lipinski definition) is 4. The molecule has 1 spiro atoms. The van der Waals surface area contributed by atoms with Crippen molar-refractivity contribution >= 4 is 17.5 Å². The van der Waals surface area contributed by atoms with Gasteiger partial charge in [0.25, 0.3) is 11.8 Å². The Kier molecular flexibility index (Phi) is 3.94. The number of fused-ring (bicyclic) bond motifs is 1. The number of rotatable bonds is 2. The summed E-state index contributed by atoms with van der Waals surface area (Å²) in [5, 5.41) is 10.8. The number of likely N-dealkylation sites (tertiary alicyclic amines) is 1. The second kappa shape index (κ2) is 6.16. The minimum Gasteiger partial charge on any atom is -0.361 e. The van der Waals surface area contributed by atoms with Gasteiger partial charge in [-0.1, -0.05) is 12.1 Å². The smallest absolute Gasteiger partial charge is 0.257 e. The van der Waals surface area contributed by atoms with Crippen molar-refractivity contribution in [3.8, 4) is 0 Å². The van der Waals surface area contributed by atoms with E-state index >= 15 is 0 Å². The number of benzene rings is 1. The molecule has 7 heteroatoms. The van der Waals surface area contributed by atoms with Gasteiger partial charge in [-0.2, -0.15) is 5.10 Å². The van der Waals surface area contributed by atoms with Crippen LogP contribution in [-0.4, -0.2) is 45.2 Å². The zero-order valence-electron chi connectivity index (χ0n) is 15.0. The molecule has 26 heavy (non-hydrogen) atoms. The summed E-state index contributed by atoms with van der Waals surface area (Å²) in [4.78, 5) is 27.2. The molecule has 0 aliphatic carbocycles. The van der Waals surface area contributed by atoms with E-state index in [9.17, 15) is 9.59 Å². The molecule has 0 bridgehead atoms. The van der Waals surface area contributed by atoms with E-state index in [4.69, 9.17) is 0 Å². The minimum absolute atomic E-state index is 0.0501. The van der Waals surface area contributed by atoms with Crippen molar-refractivity contribution in [1.82, 2.24) is 20.0 Å². The summed E-state index contributed by atoms with van der Waals surface area (Å²) >= 11 is 0. The minimum atomic E-state index is -0.618. The molecule has 1 unspecified atom stereocenters. The maximum Gasteiger partial charge on any atom is 0.257 e. The molecule has 2 aliphatic heterocycles. The Hall–Kier alpha value is -2.83. The highest BCUT2D eigenvalue weighted by Gasteiger charge is 2.42. The predicted octanol–water partition coefficient (Wildman–Crippen LogP) is 2.25. The first kappa shape index (κ1) is 16.6. The number of hydrogen-bond donors (Lipinski definition) is 2. The second-order valence-electron chi connectivity index (χ2n) is 7.34. The van der Waals surface area contributed by atoms with Crippen LogP contribution >= 0.6 is 0 Å². The average Bonchev–Trinajstić information content (AvgIpc) is 3.11. The molecule has 1 atom stereocenters. The Labute approximate surface area is 152 Å². The van der Waals surface area contributed by atoms with Crippen molar-refractivity contribution in [3.63, 3.8) is 0 Å². The van der Waals surface area contributed by atoms with Crippen molar-refractivity contribution in [2.24, 2.45) is 0 Å². The van der Waals surface area contributed by atoms with E-state index in [1.807, 2.05) is 32.0 Å². The predicted molar refractivity (Wildman–Crippen MR) is 98.0 cm³/mol. The molecule has 1 saturated heterocycles. The molecule has 1 aromatic heterocycles. The molecular weight excluding hydrogens is 330 g/mol. The molecule has 2 amide bonds. The highest BCUT2D eigenvalue weighted by Crippen LogP contribution is 2.30. The van der Waals surface area contributed by atoms with E-state index in [1.165, 1.54) is 0 Å². The van der Waals surface area contributed by atoms with Crippen LogP contribution in [0.15, 0.2) is 36.7 Å². The van der Waals surface area contributed by atoms with Gasteiger partial charge in [0.2, 0.25) is 0 Å². The van der Waals surface area contributed by atoms with Crippen LogP contribution in [0.5, 0.6) is 0 Å². The van der Waals surface area contributed by atoms with Gasteiger partial charge < -0.3 is 15.5 Å². The van der Waals surface area contributed by atoms with E-state index in [-0.39, 0.29) is 17.9 Å². The normalized spacial score (nSPS) is 22.1. The lowest BCUT2D eigenvalue weighted by molar-refractivity contribution is 0.0592. The molecule has 3 heterocycles. The van der Waals surface area contributed by atoms with Gasteiger partial charge in [-0.25, -0.2) is 0 Å². The van der Waals surface area contributed by atoms with Crippen LogP contribution in [0, 0.1) is 0 Å². The first-order valence-corrected chi connectivity index (χ1v) is 9.01. The maximum absolute atomic E-state index is 12.9. The van der Waals surface area contributed by atoms with Crippen molar-refractivity contribution < 1.29 is 9.59 Å². The monoisotopic (exact) mass is 353 g/mol. The second-order valence-corrected chi connectivity index (χ2v) is 7.34. The van der Waals surface area contributed by atoms with Gasteiger partial charge in [0.05, 0.1) is 23.9 Å². The van der Waals surface area contributed by atoms with Gasteiger partial charge in [0.1, 0.15) is 5.66 Å². The fourth-order valence-corrected chi connectivity index (χ4v) is 3.71. The number of para-hydroxylation sites is 1. The average molecular weight is 353 g/mol. The highest BCUT2D eigenvalue weighted by atomic mass is 16.2. The molecule has 2 aliphatic rings. The summed E-state index contributed by atoms with van der Waals surface area (Å²) in [6.07, 6.45) is 5.00. The molecule has 2 aromatic rings. The largest absolute Gasteiger partial charge is 0.361 e. The van der Waals surface area contributed by atoms with E-state index in [0.717, 1.165) is 18.5 Å². The molecule has 0 saturated carbocycles. The molecule has 4 rings (SSSR count). The van der Waals surface area contributed by atoms with Crippen LogP contribution in [0.1, 0.15) is 53.4 Å². The number of nitrogens with zero attached hydrogens (tertiary/aromatic N) is 3. The van der Waals surface area contributed by atoms with Crippen LogP contribution in [0.2, 0.25) is 0 Å². The van der Waals surface area contributed by atoms with Gasteiger partial charge in [-0.3, -0.25) is 14.3 Å². The van der Waals surface area contributed by atoms with E-state index in [1.54, 1.807) is 28.0 Å². The van der Waals surface area contributed by atoms with E-state index in [2.05, 4.69) is 15.7 Å². The van der Waals surface area contributed by atoms with Gasteiger partial charge in [0.15, 0.2) is 0 Å². The Morgan fingerprint density at radius 3 is 2.85 bits per heavy atom. The van der Waals surface area contributed by atoms with Gasteiger partial charge in [-0.15, -0.1) is 0 Å². The summed E-state index contributed by atoms with van der Waals surface area (Å²) in [6, 6.07) is 7.67. The number of amides is 2. The van der Waals surface area contributed by atoms with Crippen LogP contribution in [0.25, 0.3) is 0 Å². The lowest BCUT2D eigenvalue weighted by Crippen LogP contribution is -2.66. The summed E-state index contributed by atoms with van der Waals surface area (Å²) < 4.78 is 1.78. The Balaban J connectivity index is 1.56. The molecule has 1 aromatic carbocycles. The molecule has 136 valence electrons. The standard InChI is InChI=1S/C19H23N5O2/c1-13(2)24-11-14(10-20-24)18(26)23-9-5-8-19(12-23)21-16-7-4-3-6-15(16)17(25)22-19/h3-4,6-7,10-11,13,21H,5,8-9,12H2,1-2H3,(H,22,25). The highest BCUT2D eigenvalue weighted by molar-refractivity contribution is 6.02. The molecule has 1 fully saturated rings. The van der Waals surface area contributed by atoms with E-state index in [0.29, 0.717) is 24.2 Å². The zero-order chi connectivity index (χ0) is 18.3. The zero-order valence-corrected chi connectivity index (χ0v) is 15.0. The van der Waals surface area contributed by atoms with Crippen molar-refractivity contribution in [3.05, 3.63) is 47.8 Å². The number of aromatic nitrogens is 2. The topological polar surface area (TPSA) is 79.3 Å². The summed E-state index contributed by atoms with van der Waals surface area (Å²) in [5.41, 5.74) is 1.42. The van der Waals surface area contributed by atoms with E-state index < -0.39 is 5.66 Å². The SMILES string of the molecule is CC(C)n1cc(C(=O)N2CCCC3(C2)NC(=O)c2ccccc2N3)cn1. The summed E-state index contributed by atoms with van der Waals surface area (Å²) in [6.45, 7) is 5.15. The Morgan fingerprint density at radius 2 is 2.08 bits per heavy atom. The number of carbonyl (C=O) groups excluding carboxylic acids is 2. The third-order valence-corrected chi connectivity index (χ3v) is 5.06. The van der Waals surface area contributed by atoms with Crippen LogP contribution in [-0.2, 0) is 0 Å². The first-order chi connectivity index (χ1) is 12.5. The first-order valence-electron chi connectivity index (χ1n) is 9.01. The molecule has 0 radical (unpaired) electrons. The molecular formula is C19H23N5O2. The van der Waals surface area contributed by atoms with Crippen LogP contribution in [0.4, 0.5) is 5.69 Å². The number of nitrogens with one attached hydrogen (secondary N) is 2. The summed E-state index contributed by atoms with van der Waals surface area (Å²) in [7, 11) is 0. The lowest BCUT2D eigenvalue weighted by atomic mass is 9.93. The van der Waals surface area contributed by atoms with Crippen molar-refractivity contribution in [1.29, 1.82) is 0 Å². The van der Waals surface area contributed by atoms with Crippen LogP contribution < -0.4 is 10.6 Å². The number of anilines is 1. The van der Waals surface area contributed by atoms with Crippen LogP contribution in [0.3, 0.4) is 0 Å². The Bertz CT molecular complexity index is 859.